The molecule has 28 heavy (non-hydrogen) atoms. The van der Waals surface area contributed by atoms with Gasteiger partial charge in [-0.1, -0.05) is 18.2 Å². The number of nitrogens with one attached hydrogen (secondary N) is 1. The zero-order chi connectivity index (χ0) is 20.7. The van der Waals surface area contributed by atoms with E-state index in [4.69, 9.17) is 9.47 Å². The highest BCUT2D eigenvalue weighted by molar-refractivity contribution is 5.91. The van der Waals surface area contributed by atoms with Crippen LogP contribution in [0.4, 0.5) is 8.78 Å². The van der Waals surface area contributed by atoms with Gasteiger partial charge in [-0.15, -0.1) is 0 Å². The summed E-state index contributed by atoms with van der Waals surface area (Å²) in [7, 11) is 0. The standard InChI is InChI=1S/C21H23F2NO4/c1-13(2)27-11-15-4-6-16(7-5-15)21(26)28-12-20(25)24-14(3)18-9-8-17(22)10-19(18)23/h4-10,13-14H,11-12H2,1-3H3,(H,24,25)/t14-/m0/s1. The highest BCUT2D eigenvalue weighted by Gasteiger charge is 2.16. The normalized spacial score (nSPS) is 11.9. The number of hydrogen-bond acceptors (Lipinski definition) is 4. The van der Waals surface area contributed by atoms with Crippen molar-refractivity contribution in [3.63, 3.8) is 0 Å². The summed E-state index contributed by atoms with van der Waals surface area (Å²) in [5.41, 5.74) is 1.36. The summed E-state index contributed by atoms with van der Waals surface area (Å²) < 4.78 is 37.1. The van der Waals surface area contributed by atoms with Crippen molar-refractivity contribution in [3.05, 3.63) is 70.8 Å². The Bertz CT molecular complexity index is 822. The lowest BCUT2D eigenvalue weighted by atomic mass is 10.1. The van der Waals surface area contributed by atoms with E-state index in [-0.39, 0.29) is 11.7 Å². The fourth-order valence-electron chi connectivity index (χ4n) is 2.43. The first-order valence-corrected chi connectivity index (χ1v) is 8.88. The van der Waals surface area contributed by atoms with Crippen LogP contribution in [0.1, 0.15) is 48.3 Å². The van der Waals surface area contributed by atoms with Crippen molar-refractivity contribution >= 4 is 11.9 Å². The zero-order valence-electron chi connectivity index (χ0n) is 16.0. The topological polar surface area (TPSA) is 64.6 Å². The van der Waals surface area contributed by atoms with Crippen LogP contribution in [0, 0.1) is 11.6 Å². The maximum atomic E-state index is 13.7. The second-order valence-electron chi connectivity index (χ2n) is 6.59. The molecule has 0 radical (unpaired) electrons. The van der Waals surface area contributed by atoms with Crippen molar-refractivity contribution in [1.82, 2.24) is 5.32 Å². The van der Waals surface area contributed by atoms with Crippen LogP contribution in [0.2, 0.25) is 0 Å². The number of amides is 1. The van der Waals surface area contributed by atoms with E-state index in [1.54, 1.807) is 31.2 Å². The third-order valence-electron chi connectivity index (χ3n) is 3.91. The van der Waals surface area contributed by atoms with Gasteiger partial charge in [-0.05, 0) is 44.5 Å². The minimum Gasteiger partial charge on any atom is -0.452 e. The largest absolute Gasteiger partial charge is 0.452 e. The molecule has 0 bridgehead atoms. The zero-order valence-corrected chi connectivity index (χ0v) is 16.0. The first-order chi connectivity index (χ1) is 13.3. The molecule has 2 aromatic rings. The molecule has 150 valence electrons. The molecule has 0 aliphatic rings. The Morgan fingerprint density at radius 2 is 1.71 bits per heavy atom. The maximum absolute atomic E-state index is 13.7. The summed E-state index contributed by atoms with van der Waals surface area (Å²) in [5, 5.41) is 2.50. The van der Waals surface area contributed by atoms with Crippen molar-refractivity contribution in [2.24, 2.45) is 0 Å². The molecule has 0 spiro atoms. The van der Waals surface area contributed by atoms with E-state index in [2.05, 4.69) is 5.32 Å². The number of rotatable bonds is 8. The van der Waals surface area contributed by atoms with Crippen molar-refractivity contribution in [2.45, 2.75) is 39.5 Å². The molecule has 0 aliphatic heterocycles. The van der Waals surface area contributed by atoms with Gasteiger partial charge in [0, 0.05) is 11.6 Å². The summed E-state index contributed by atoms with van der Waals surface area (Å²) in [4.78, 5) is 24.0. The number of carbonyl (C=O) groups is 2. The monoisotopic (exact) mass is 391 g/mol. The van der Waals surface area contributed by atoms with Crippen molar-refractivity contribution in [1.29, 1.82) is 0 Å². The van der Waals surface area contributed by atoms with Crippen LogP contribution in [-0.4, -0.2) is 24.6 Å². The molecular weight excluding hydrogens is 368 g/mol. The van der Waals surface area contributed by atoms with Crippen LogP contribution in [0.3, 0.4) is 0 Å². The lowest BCUT2D eigenvalue weighted by Crippen LogP contribution is -2.31. The number of hydrogen-bond donors (Lipinski definition) is 1. The Morgan fingerprint density at radius 3 is 2.32 bits per heavy atom. The van der Waals surface area contributed by atoms with Crippen LogP contribution >= 0.6 is 0 Å². The average molecular weight is 391 g/mol. The van der Waals surface area contributed by atoms with Gasteiger partial charge in [-0.2, -0.15) is 0 Å². The summed E-state index contributed by atoms with van der Waals surface area (Å²) in [6.45, 7) is 5.34. The number of carbonyl (C=O) groups excluding carboxylic acids is 2. The highest BCUT2D eigenvalue weighted by Crippen LogP contribution is 2.17. The smallest absolute Gasteiger partial charge is 0.338 e. The van der Waals surface area contributed by atoms with Crippen molar-refractivity contribution < 1.29 is 27.8 Å². The fraction of sp³-hybridized carbons (Fsp3) is 0.333. The van der Waals surface area contributed by atoms with Crippen molar-refractivity contribution in [2.75, 3.05) is 6.61 Å². The van der Waals surface area contributed by atoms with Crippen molar-refractivity contribution in [3.8, 4) is 0 Å². The lowest BCUT2D eigenvalue weighted by Gasteiger charge is -2.15. The van der Waals surface area contributed by atoms with E-state index in [1.807, 2.05) is 13.8 Å². The molecule has 0 aromatic heterocycles. The molecule has 0 saturated carbocycles. The summed E-state index contributed by atoms with van der Waals surface area (Å²) in [5.74, 6) is -2.69. The van der Waals surface area contributed by atoms with Gasteiger partial charge in [0.05, 0.1) is 24.3 Å². The molecule has 1 N–H and O–H groups in total. The Labute approximate surface area is 162 Å². The number of esters is 1. The SMILES string of the molecule is CC(C)OCc1ccc(C(=O)OCC(=O)N[C@@H](C)c2ccc(F)cc2F)cc1. The summed E-state index contributed by atoms with van der Waals surface area (Å²) >= 11 is 0. The Morgan fingerprint density at radius 1 is 1.04 bits per heavy atom. The van der Waals surface area contributed by atoms with Gasteiger partial charge in [0.1, 0.15) is 11.6 Å². The molecule has 2 rings (SSSR count). The Hall–Kier alpha value is -2.80. The van der Waals surface area contributed by atoms with Crippen LogP contribution < -0.4 is 5.32 Å². The number of benzene rings is 2. The number of halogens is 2. The Kier molecular flexibility index (Phi) is 7.63. The first-order valence-electron chi connectivity index (χ1n) is 8.88. The molecule has 1 atom stereocenters. The minimum atomic E-state index is -0.758. The molecule has 7 heteroatoms. The molecule has 0 saturated heterocycles. The minimum absolute atomic E-state index is 0.105. The van der Waals surface area contributed by atoms with E-state index in [0.29, 0.717) is 12.2 Å². The van der Waals surface area contributed by atoms with Crippen LogP contribution in [0.15, 0.2) is 42.5 Å². The molecule has 0 fully saturated rings. The third kappa shape index (κ3) is 6.42. The summed E-state index contributed by atoms with van der Waals surface area (Å²) in [6, 6.07) is 9.09. The second-order valence-corrected chi connectivity index (χ2v) is 6.59. The molecule has 0 heterocycles. The van der Waals surface area contributed by atoms with E-state index in [0.717, 1.165) is 17.7 Å². The quantitative estimate of drug-likeness (QED) is 0.693. The van der Waals surface area contributed by atoms with Gasteiger partial charge in [-0.3, -0.25) is 4.79 Å². The van der Waals surface area contributed by atoms with Crippen LogP contribution in [0.25, 0.3) is 0 Å². The second kappa shape index (κ2) is 9.94. The molecule has 0 aliphatic carbocycles. The Balaban J connectivity index is 1.83. The van der Waals surface area contributed by atoms with E-state index < -0.39 is 36.2 Å². The molecular formula is C21H23F2NO4. The average Bonchev–Trinajstić information content (AvgIpc) is 2.64. The summed E-state index contributed by atoms with van der Waals surface area (Å²) in [6.07, 6.45) is 0.105. The van der Waals surface area contributed by atoms with Gasteiger partial charge in [-0.25, -0.2) is 13.6 Å². The van der Waals surface area contributed by atoms with Gasteiger partial charge in [0.25, 0.3) is 5.91 Å². The maximum Gasteiger partial charge on any atom is 0.338 e. The third-order valence-corrected chi connectivity index (χ3v) is 3.91. The fourth-order valence-corrected chi connectivity index (χ4v) is 2.43. The van der Waals surface area contributed by atoms with E-state index in [1.165, 1.54) is 6.07 Å². The van der Waals surface area contributed by atoms with E-state index in [9.17, 15) is 18.4 Å². The van der Waals surface area contributed by atoms with Gasteiger partial charge in [0.2, 0.25) is 0 Å². The van der Waals surface area contributed by atoms with Crippen LogP contribution in [-0.2, 0) is 20.9 Å². The predicted octanol–water partition coefficient (Wildman–Crippen LogP) is 3.92. The molecule has 2 aromatic carbocycles. The van der Waals surface area contributed by atoms with Crippen LogP contribution in [0.5, 0.6) is 0 Å². The molecule has 0 unspecified atom stereocenters. The lowest BCUT2D eigenvalue weighted by molar-refractivity contribution is -0.124. The van der Waals surface area contributed by atoms with E-state index >= 15 is 0 Å². The predicted molar refractivity (Wildman–Crippen MR) is 99.6 cm³/mol. The highest BCUT2D eigenvalue weighted by atomic mass is 19.1. The van der Waals surface area contributed by atoms with Gasteiger partial charge < -0.3 is 14.8 Å². The first kappa shape index (κ1) is 21.5. The van der Waals surface area contributed by atoms with Gasteiger partial charge >= 0.3 is 5.97 Å². The molecule has 1 amide bonds. The molecule has 5 nitrogen and oxygen atoms in total. The number of ether oxygens (including phenoxy) is 2. The van der Waals surface area contributed by atoms with Gasteiger partial charge in [0.15, 0.2) is 6.61 Å².